The second kappa shape index (κ2) is 17.6. The van der Waals surface area contributed by atoms with Gasteiger partial charge in [-0.05, 0) is 85.2 Å². The maximum atomic E-state index is 13.5. The second-order valence-corrected chi connectivity index (χ2v) is 17.7. The lowest BCUT2D eigenvalue weighted by molar-refractivity contribution is 0.0709. The van der Waals surface area contributed by atoms with Crippen molar-refractivity contribution in [3.63, 3.8) is 0 Å². The molecule has 4 rings (SSSR count). The molecule has 0 unspecified atom stereocenters. The molecule has 51 heavy (non-hydrogen) atoms. The van der Waals surface area contributed by atoms with Gasteiger partial charge in [0.05, 0.1) is 11.0 Å². The smallest absolute Gasteiger partial charge is 0.456 e. The van der Waals surface area contributed by atoms with Crippen LogP contribution in [0.5, 0.6) is 0 Å². The average molecular weight is 763 g/mol. The lowest BCUT2D eigenvalue weighted by Gasteiger charge is -2.28. The number of hydrogen-bond donors (Lipinski definition) is 2. The van der Waals surface area contributed by atoms with Crippen LogP contribution in [0.2, 0.25) is 6.04 Å². The predicted molar refractivity (Wildman–Crippen MR) is 203 cm³/mol. The summed E-state index contributed by atoms with van der Waals surface area (Å²) in [7, 11) is -12.1. The maximum Gasteiger partial charge on any atom is 0.500 e. The molecule has 0 saturated heterocycles. The third-order valence-corrected chi connectivity index (χ3v) is 14.3. The van der Waals surface area contributed by atoms with E-state index in [4.69, 9.17) is 17.7 Å². The van der Waals surface area contributed by atoms with Gasteiger partial charge >= 0.3 is 8.80 Å². The molecule has 1 aliphatic carbocycles. The first-order chi connectivity index (χ1) is 24.3. The molecule has 2 aliphatic rings. The molecule has 0 saturated carbocycles. The molecule has 1 aliphatic heterocycles. The molecule has 12 nitrogen and oxygen atoms in total. The Kier molecular flexibility index (Phi) is 14.0. The fourth-order valence-corrected chi connectivity index (χ4v) is 10.9. The molecule has 0 fully saturated rings. The minimum absolute atomic E-state index is 0.0342. The molecule has 2 aromatic carbocycles. The van der Waals surface area contributed by atoms with E-state index >= 15 is 0 Å². The molecule has 0 aromatic heterocycles. The highest BCUT2D eigenvalue weighted by Gasteiger charge is 2.39. The Bertz CT molecular complexity index is 2040. The third kappa shape index (κ3) is 9.26. The van der Waals surface area contributed by atoms with Gasteiger partial charge in [-0.25, -0.2) is 17.7 Å². The van der Waals surface area contributed by atoms with Crippen molar-refractivity contribution in [1.29, 1.82) is 0 Å². The summed E-state index contributed by atoms with van der Waals surface area (Å²) in [5.74, 6) is 0.518. The van der Waals surface area contributed by atoms with Crippen LogP contribution < -0.4 is 19.6 Å². The Morgan fingerprint density at radius 2 is 1.43 bits per heavy atom. The van der Waals surface area contributed by atoms with E-state index in [0.717, 1.165) is 43.3 Å². The number of sulfonamides is 1. The third-order valence-electron chi connectivity index (χ3n) is 8.80. The van der Waals surface area contributed by atoms with Crippen LogP contribution in [0.1, 0.15) is 54.9 Å². The molecule has 0 atom stereocenters. The van der Waals surface area contributed by atoms with Crippen LogP contribution >= 0.6 is 0 Å². The summed E-state index contributed by atoms with van der Waals surface area (Å²) in [4.78, 5) is 1.34. The zero-order valence-electron chi connectivity index (χ0n) is 30.7. The van der Waals surface area contributed by atoms with Crippen molar-refractivity contribution < 1.29 is 39.1 Å². The number of nitrogens with one attached hydrogen (secondary N) is 1. The van der Waals surface area contributed by atoms with Crippen molar-refractivity contribution in [3.8, 4) is 22.5 Å². The topological polar surface area (TPSA) is 148 Å². The lowest BCUT2D eigenvalue weighted by atomic mass is 9.93. The van der Waals surface area contributed by atoms with Gasteiger partial charge in [0.15, 0.2) is 0 Å². The van der Waals surface area contributed by atoms with Gasteiger partial charge in [-0.15, -0.1) is 0 Å². The number of rotatable bonds is 19. The van der Waals surface area contributed by atoms with Gasteiger partial charge in [0.1, 0.15) is 29.3 Å². The number of nitrogens with zero attached hydrogens (tertiary/aromatic N) is 2. The molecular weight excluding hydrogens is 711 g/mol. The zero-order valence-corrected chi connectivity index (χ0v) is 33.3. The van der Waals surface area contributed by atoms with E-state index in [1.165, 1.54) is 12.1 Å². The molecule has 0 bridgehead atoms. The fraction of sp³-hybridized carbons (Fsp3) is 0.472. The Hall–Kier alpha value is -3.15. The molecule has 0 amide bonds. The molecule has 15 heteroatoms. The standard InChI is InChI=1S/C36H51N3O9S2Si/c1-8-38(9-2)27-16-19-30-33(24-27)48-34-25-28(39(10-3)11-4)17-20-31(34)36(30)32-21-18-29(26-35(32)50(42,43)44)49(40,41)37-22-15-23-51(45-12-5,46-13-6)47-14-7/h16-21,24-26,37H,8-15,22-23H2,1-7H3/p+1. The van der Waals surface area contributed by atoms with E-state index in [-0.39, 0.29) is 17.0 Å². The van der Waals surface area contributed by atoms with E-state index in [0.29, 0.717) is 60.1 Å². The number of benzene rings is 3. The van der Waals surface area contributed by atoms with Gasteiger partial charge in [-0.2, -0.15) is 8.42 Å². The van der Waals surface area contributed by atoms with Gasteiger partial charge in [-0.3, -0.25) is 4.55 Å². The van der Waals surface area contributed by atoms with Gasteiger partial charge < -0.3 is 22.6 Å². The van der Waals surface area contributed by atoms with Crippen molar-refractivity contribution in [2.45, 2.75) is 70.7 Å². The summed E-state index contributed by atoms with van der Waals surface area (Å²) in [6.45, 7) is 18.1. The largest absolute Gasteiger partial charge is 0.500 e. The van der Waals surface area contributed by atoms with Crippen LogP contribution in [0.25, 0.3) is 33.4 Å². The Balaban J connectivity index is 1.85. The normalized spacial score (nSPS) is 12.5. The van der Waals surface area contributed by atoms with E-state index in [1.807, 2.05) is 57.2 Å². The molecule has 0 spiro atoms. The molecule has 2 N–H and O–H groups in total. The summed E-state index contributed by atoms with van der Waals surface area (Å²) >= 11 is 0. The highest BCUT2D eigenvalue weighted by molar-refractivity contribution is 7.89. The summed E-state index contributed by atoms with van der Waals surface area (Å²) in [6, 6.07) is 15.7. The van der Waals surface area contributed by atoms with Crippen LogP contribution in [-0.2, 0) is 33.4 Å². The minimum atomic E-state index is -4.91. The second-order valence-electron chi connectivity index (χ2n) is 11.8. The van der Waals surface area contributed by atoms with Crippen LogP contribution in [0.3, 0.4) is 0 Å². The summed E-state index contributed by atoms with van der Waals surface area (Å²) in [5, 5.41) is 1.55. The number of anilines is 1. The van der Waals surface area contributed by atoms with Crippen LogP contribution in [0, 0.1) is 0 Å². The van der Waals surface area contributed by atoms with Crippen molar-refractivity contribution in [3.05, 3.63) is 60.0 Å². The van der Waals surface area contributed by atoms with Crippen LogP contribution in [0.4, 0.5) is 5.69 Å². The molecule has 1 heterocycles. The van der Waals surface area contributed by atoms with Gasteiger partial charge in [-0.1, -0.05) is 6.07 Å². The molecule has 2 aromatic rings. The highest BCUT2D eigenvalue weighted by Crippen LogP contribution is 2.43. The first-order valence-electron chi connectivity index (χ1n) is 17.7. The quantitative estimate of drug-likeness (QED) is 0.0394. The summed E-state index contributed by atoms with van der Waals surface area (Å²) in [5.41, 5.74) is 2.71. The van der Waals surface area contributed by atoms with Crippen molar-refractivity contribution in [2.24, 2.45) is 0 Å². The van der Waals surface area contributed by atoms with E-state index in [9.17, 15) is 21.4 Å². The van der Waals surface area contributed by atoms with E-state index < -0.39 is 33.8 Å². The van der Waals surface area contributed by atoms with Crippen molar-refractivity contribution in [2.75, 3.05) is 57.4 Å². The fourth-order valence-electron chi connectivity index (χ4n) is 6.41. The first kappa shape index (κ1) is 40.6. The summed E-state index contributed by atoms with van der Waals surface area (Å²) < 4.78 is 92.5. The molecular formula is C36H52N3O9S2Si+. The molecule has 280 valence electrons. The SMILES string of the molecule is CCO[Si](CCCNS(=O)(=O)c1ccc(-c2c3ccc(=[N+](CC)CC)cc-3oc3cc(N(CC)CC)ccc23)c(S(=O)(=O)O)c1)(OCC)OCC. The monoisotopic (exact) mass is 762 g/mol. The first-order valence-corrected chi connectivity index (χ1v) is 22.5. The van der Waals surface area contributed by atoms with Gasteiger partial charge in [0.25, 0.3) is 10.1 Å². The maximum absolute atomic E-state index is 13.5. The highest BCUT2D eigenvalue weighted by atomic mass is 32.2. The van der Waals surface area contributed by atoms with Gasteiger partial charge in [0.2, 0.25) is 15.4 Å². The summed E-state index contributed by atoms with van der Waals surface area (Å²) in [6.07, 6.45) is 0.366. The lowest BCUT2D eigenvalue weighted by Crippen LogP contribution is -2.46. The van der Waals surface area contributed by atoms with E-state index in [2.05, 4.69) is 41.9 Å². The van der Waals surface area contributed by atoms with Crippen molar-refractivity contribution >= 4 is 45.6 Å². The Morgan fingerprint density at radius 3 is 2.00 bits per heavy atom. The zero-order chi connectivity index (χ0) is 37.4. The number of fused-ring (bicyclic) bond motifs is 2. The Morgan fingerprint density at radius 1 is 0.804 bits per heavy atom. The average Bonchev–Trinajstić information content (AvgIpc) is 3.10. The number of hydrogen-bond acceptors (Lipinski definition) is 9. The van der Waals surface area contributed by atoms with Crippen LogP contribution in [0.15, 0.2) is 68.8 Å². The predicted octanol–water partition coefficient (Wildman–Crippen LogP) is 5.83. The van der Waals surface area contributed by atoms with E-state index in [1.54, 1.807) is 0 Å². The van der Waals surface area contributed by atoms with Crippen molar-refractivity contribution in [1.82, 2.24) is 9.30 Å². The minimum Gasteiger partial charge on any atom is -0.456 e. The van der Waals surface area contributed by atoms with Crippen LogP contribution in [-0.4, -0.2) is 82.7 Å². The molecule has 0 radical (unpaired) electrons. The Labute approximate surface area is 303 Å². The van der Waals surface area contributed by atoms with Gasteiger partial charge in [0, 0.05) is 85.4 Å².